The number of rotatable bonds is 15. The molecule has 3 amide bonds. The highest BCUT2D eigenvalue weighted by atomic mass is 35.5. The molecule has 426 valence electrons. The maximum Gasteiger partial charge on any atom is 0.274 e. The molecule has 4 aliphatic rings. The molecule has 5 aromatic carbocycles. The lowest BCUT2D eigenvalue weighted by molar-refractivity contribution is -0.249. The Morgan fingerprint density at radius 2 is 1.70 bits per heavy atom. The minimum absolute atomic E-state index is 0.0291. The van der Waals surface area contributed by atoms with Crippen molar-refractivity contribution in [3.05, 3.63) is 135 Å². The van der Waals surface area contributed by atoms with Gasteiger partial charge in [0.05, 0.1) is 53.5 Å². The number of aromatic amines is 1. The molecule has 2 aliphatic heterocycles. The number of aliphatic hydroxyl groups is 3. The number of carbonyl (C=O) groups is 6. The summed E-state index contributed by atoms with van der Waals surface area (Å²) in [5.41, 5.74) is 0.550. The van der Waals surface area contributed by atoms with Gasteiger partial charge in [0.2, 0.25) is 11.7 Å². The molecule has 1 fully saturated rings. The summed E-state index contributed by atoms with van der Waals surface area (Å²) in [6.45, 7) is 3.05. The van der Waals surface area contributed by atoms with E-state index in [1.807, 2.05) is 25.1 Å². The topological polar surface area (TPSA) is 312 Å². The van der Waals surface area contributed by atoms with Crippen molar-refractivity contribution in [2.45, 2.75) is 88.1 Å². The number of aryl methyl sites for hydroxylation is 2. The molecule has 0 spiro atoms. The molecule has 10 N–H and O–H groups in total. The molecule has 0 radical (unpaired) electrons. The van der Waals surface area contributed by atoms with Crippen molar-refractivity contribution in [3.8, 4) is 23.0 Å². The number of H-pyrrole nitrogens is 1. The van der Waals surface area contributed by atoms with Gasteiger partial charge >= 0.3 is 0 Å². The Morgan fingerprint density at radius 3 is 2.45 bits per heavy atom. The van der Waals surface area contributed by atoms with E-state index in [4.69, 9.17) is 25.8 Å². The number of ether oxygens (including phenoxy) is 3. The number of alkyl halides is 1. The van der Waals surface area contributed by atoms with Crippen LogP contribution in [0.4, 0.5) is 17.1 Å². The Morgan fingerprint density at radius 1 is 0.915 bits per heavy atom. The van der Waals surface area contributed by atoms with Crippen LogP contribution in [-0.2, 0) is 32.5 Å². The van der Waals surface area contributed by atoms with Crippen LogP contribution in [0.15, 0.2) is 79.0 Å². The van der Waals surface area contributed by atoms with Crippen LogP contribution < -0.4 is 25.6 Å². The fourth-order valence-electron chi connectivity index (χ4n) is 12.1. The van der Waals surface area contributed by atoms with Gasteiger partial charge in [-0.15, -0.1) is 11.6 Å². The maximum atomic E-state index is 14.1. The van der Waals surface area contributed by atoms with E-state index in [0.29, 0.717) is 52.0 Å². The lowest BCUT2D eigenvalue weighted by Gasteiger charge is -2.43. The third-order valence-corrected chi connectivity index (χ3v) is 16.6. The van der Waals surface area contributed by atoms with Crippen molar-refractivity contribution in [3.63, 3.8) is 0 Å². The van der Waals surface area contributed by atoms with E-state index < -0.39 is 102 Å². The van der Waals surface area contributed by atoms with Crippen LogP contribution in [0, 0.1) is 6.92 Å². The molecule has 2 aromatic heterocycles. The van der Waals surface area contributed by atoms with Gasteiger partial charge < -0.3 is 75.3 Å². The third kappa shape index (κ3) is 9.70. The number of hydrogen-bond acceptors (Lipinski definition) is 16. The molecule has 7 aromatic rings. The molecular weight excluding hydrogens is 1080 g/mol. The van der Waals surface area contributed by atoms with Crippen molar-refractivity contribution in [2.75, 3.05) is 48.2 Å². The second-order valence-corrected chi connectivity index (χ2v) is 21.8. The second kappa shape index (κ2) is 21.6. The van der Waals surface area contributed by atoms with Gasteiger partial charge in [0.1, 0.15) is 46.6 Å². The van der Waals surface area contributed by atoms with Crippen molar-refractivity contribution >= 4 is 85.4 Å². The van der Waals surface area contributed by atoms with Crippen LogP contribution in [0.2, 0.25) is 0 Å². The lowest BCUT2D eigenvalue weighted by Crippen LogP contribution is -2.54. The molecule has 2 unspecified atom stereocenters. The van der Waals surface area contributed by atoms with Crippen LogP contribution in [0.3, 0.4) is 0 Å². The normalized spacial score (nSPS) is 21.9. The van der Waals surface area contributed by atoms with Gasteiger partial charge in [-0.25, -0.2) is 0 Å². The summed E-state index contributed by atoms with van der Waals surface area (Å²) in [6, 6.07) is 19.5. The van der Waals surface area contributed by atoms with Crippen molar-refractivity contribution in [2.24, 2.45) is 7.05 Å². The SMILES string of the molecule is COc1cccc2c1C(=O)c1c(O)c3c(c(O)c1C2=O)C[C@@](O)(C(=O)CO)C[C@H]3OC1C[C@H](NCCCC(=O)Nc2cc(C(=O)Nc3ccc4[nH]c(C(=O)N5CC(CCl)c6c5cc(O)c5ccc(C)cc65)cc4c3)n(C)c2)[C@H](O)[C@H](C)O1. The number of carbonyl (C=O) groups excluding carboxylic acids is 6. The molecule has 1 saturated heterocycles. The molecule has 2 aliphatic carbocycles. The summed E-state index contributed by atoms with van der Waals surface area (Å²) in [5.74, 6) is -4.97. The van der Waals surface area contributed by atoms with Gasteiger partial charge in [0, 0.05) is 108 Å². The second-order valence-electron chi connectivity index (χ2n) is 21.5. The number of fused-ring (bicyclic) bond motifs is 7. The predicted molar refractivity (Wildman–Crippen MR) is 301 cm³/mol. The van der Waals surface area contributed by atoms with Crippen molar-refractivity contribution < 1.29 is 73.6 Å². The number of phenols is 3. The highest BCUT2D eigenvalue weighted by molar-refractivity contribution is 6.31. The number of aromatic hydroxyl groups is 3. The zero-order chi connectivity index (χ0) is 58.2. The number of Topliss-reactive ketones (excluding diaryl/α,β-unsaturated/α-hetero) is 1. The molecule has 22 heteroatoms. The monoisotopic (exact) mass is 1140 g/mol. The highest BCUT2D eigenvalue weighted by Crippen LogP contribution is 2.53. The molecule has 21 nitrogen and oxygen atoms in total. The van der Waals surface area contributed by atoms with Crippen molar-refractivity contribution in [1.29, 1.82) is 0 Å². The Labute approximate surface area is 473 Å². The number of phenolic OH excluding ortho intramolecular Hbond substituents is 3. The van der Waals surface area contributed by atoms with Crippen LogP contribution in [-0.4, -0.2) is 138 Å². The van der Waals surface area contributed by atoms with E-state index in [9.17, 15) is 59.4 Å². The number of nitrogens with one attached hydrogen (secondary N) is 4. The summed E-state index contributed by atoms with van der Waals surface area (Å²) in [7, 11) is 2.97. The Kier molecular flexibility index (Phi) is 14.7. The van der Waals surface area contributed by atoms with Crippen LogP contribution in [0.1, 0.15) is 120 Å². The molecule has 7 atom stereocenters. The van der Waals surface area contributed by atoms with Crippen LogP contribution in [0.5, 0.6) is 23.0 Å². The van der Waals surface area contributed by atoms with Gasteiger partial charge in [-0.1, -0.05) is 35.9 Å². The van der Waals surface area contributed by atoms with Gasteiger partial charge in [-0.2, -0.15) is 0 Å². The van der Waals surface area contributed by atoms with Crippen LogP contribution in [0.25, 0.3) is 21.7 Å². The molecular formula is C60H59ClN6O15. The Hall–Kier alpha value is -8.15. The van der Waals surface area contributed by atoms with Gasteiger partial charge in [-0.05, 0) is 74.2 Å². The zero-order valence-electron chi connectivity index (χ0n) is 45.0. The number of aliphatic hydroxyl groups excluding tert-OH is 2. The largest absolute Gasteiger partial charge is 0.507 e. The first-order valence-corrected chi connectivity index (χ1v) is 27.3. The number of benzene rings is 5. The summed E-state index contributed by atoms with van der Waals surface area (Å²) in [6.07, 6.45) is -3.85. The lowest BCUT2D eigenvalue weighted by atomic mass is 9.72. The summed E-state index contributed by atoms with van der Waals surface area (Å²) in [5, 5.41) is 78.5. The number of aromatic nitrogens is 2. The zero-order valence-corrected chi connectivity index (χ0v) is 45.7. The highest BCUT2D eigenvalue weighted by Gasteiger charge is 2.50. The summed E-state index contributed by atoms with van der Waals surface area (Å²) < 4.78 is 19.3. The quantitative estimate of drug-likeness (QED) is 0.0307. The predicted octanol–water partition coefficient (Wildman–Crippen LogP) is 6.27. The smallest absolute Gasteiger partial charge is 0.274 e. The summed E-state index contributed by atoms with van der Waals surface area (Å²) >= 11 is 6.45. The maximum absolute atomic E-state index is 14.1. The number of nitrogens with zero attached hydrogens (tertiary/aromatic N) is 2. The Bertz CT molecular complexity index is 3840. The molecule has 0 bridgehead atoms. The van der Waals surface area contributed by atoms with Gasteiger partial charge in [0.25, 0.3) is 11.8 Å². The van der Waals surface area contributed by atoms with E-state index in [0.717, 1.165) is 16.5 Å². The number of anilines is 3. The standard InChI is InChI=1S/C60H59ClN6O15/c1-27-10-12-33-35(15-27)48-30(23-61)24-67(40(48)20-42(33)69)59(78)39-17-29-16-31(11-13-37(29)65-39)64-58(77)41-18-32(25-66(41)3)63-46(71)9-6-14-62-38-19-47(81-28(2)53(38)72)82-44-22-60(79,45(70)26-68)21-36-50(44)57(76)52-51(55(36)74)54(73)34-7-5-8-43(80-4)49(34)56(52)75/h5,7-8,10-13,15-18,20,25,28,30,38,44,47,53,62,65,68-69,72,74,76,79H,6,9,14,19,21-24,26H2,1-4H3,(H,63,71)(H,64,77)/t28-,30?,38-,44+,47?,53+,60-/m0/s1. The van der Waals surface area contributed by atoms with E-state index in [1.165, 1.54) is 31.4 Å². The number of hydrogen-bond donors (Lipinski definition) is 10. The van der Waals surface area contributed by atoms with E-state index in [2.05, 4.69) is 20.9 Å². The molecule has 4 heterocycles. The first-order valence-electron chi connectivity index (χ1n) is 26.7. The first-order chi connectivity index (χ1) is 39.2. The van der Waals surface area contributed by atoms with Crippen molar-refractivity contribution in [1.82, 2.24) is 14.9 Å². The first kappa shape index (κ1) is 55.7. The fraction of sp³-hybridized carbons (Fsp3) is 0.333. The Balaban J connectivity index is 0.711. The average Bonchev–Trinajstić information content (AvgIpc) is 1.90. The number of amides is 3. The number of halogens is 1. The van der Waals surface area contributed by atoms with Gasteiger partial charge in [-0.3, -0.25) is 28.8 Å². The fourth-order valence-corrected chi connectivity index (χ4v) is 12.4. The minimum atomic E-state index is -2.35. The summed E-state index contributed by atoms with van der Waals surface area (Å²) in [4.78, 5) is 86.9. The molecule has 82 heavy (non-hydrogen) atoms. The molecule has 11 rings (SSSR count). The van der Waals surface area contributed by atoms with E-state index >= 15 is 0 Å². The molecule has 0 saturated carbocycles. The number of ketones is 3. The van der Waals surface area contributed by atoms with E-state index in [1.54, 1.807) is 60.0 Å². The van der Waals surface area contributed by atoms with E-state index in [-0.39, 0.29) is 82.4 Å². The van der Waals surface area contributed by atoms with Gasteiger partial charge in [0.15, 0.2) is 17.9 Å². The minimum Gasteiger partial charge on any atom is -0.507 e. The average molecular weight is 1140 g/mol. The number of methoxy groups -OCH3 is 1. The third-order valence-electron chi connectivity index (χ3n) is 16.2. The van der Waals surface area contributed by atoms with Crippen LogP contribution >= 0.6 is 11.6 Å².